The molecule has 9 nitrogen and oxygen atoms in total. The van der Waals surface area contributed by atoms with Crippen molar-refractivity contribution in [3.8, 4) is 11.8 Å². The largest absolute Gasteiger partial charge is 0.478 e. The molecule has 2 heterocycles. The Balaban J connectivity index is 1.56. The zero-order chi connectivity index (χ0) is 24.2. The molecule has 3 rings (SSSR count). The molecule has 2 aromatic heterocycles. The number of carbonyl (C=O) groups excluding carboxylic acids is 1. The van der Waals surface area contributed by atoms with Gasteiger partial charge in [0.1, 0.15) is 5.69 Å². The van der Waals surface area contributed by atoms with E-state index >= 15 is 0 Å². The summed E-state index contributed by atoms with van der Waals surface area (Å²) in [5.41, 5.74) is 0.503. The third-order valence-electron chi connectivity index (χ3n) is 5.27. The second-order valence-electron chi connectivity index (χ2n) is 8.10. The lowest BCUT2D eigenvalue weighted by molar-refractivity contribution is -0.174. The van der Waals surface area contributed by atoms with Crippen LogP contribution in [0.2, 0.25) is 0 Å². The second kappa shape index (κ2) is 10.2. The van der Waals surface area contributed by atoms with Crippen LogP contribution in [0, 0.1) is 11.7 Å². The van der Waals surface area contributed by atoms with Crippen LogP contribution in [0.25, 0.3) is 0 Å². The Kier molecular flexibility index (Phi) is 7.59. The summed E-state index contributed by atoms with van der Waals surface area (Å²) in [7, 11) is 1.47. The number of carbonyl (C=O) groups is 1. The molecule has 1 aliphatic carbocycles. The van der Waals surface area contributed by atoms with Gasteiger partial charge in [0.25, 0.3) is 11.8 Å². The molecule has 1 amide bonds. The fourth-order valence-corrected chi connectivity index (χ4v) is 3.45. The summed E-state index contributed by atoms with van der Waals surface area (Å²) < 4.78 is 63.8. The van der Waals surface area contributed by atoms with Gasteiger partial charge in [-0.05, 0) is 45.4 Å². The van der Waals surface area contributed by atoms with Gasteiger partial charge in [0.15, 0.2) is 0 Å². The number of aromatic nitrogens is 4. The summed E-state index contributed by atoms with van der Waals surface area (Å²) in [4.78, 5) is 19.0. The molecule has 2 N–H and O–H groups in total. The van der Waals surface area contributed by atoms with Crippen molar-refractivity contribution >= 4 is 17.5 Å². The van der Waals surface area contributed by atoms with Crippen LogP contribution in [0.15, 0.2) is 12.4 Å². The van der Waals surface area contributed by atoms with Crippen molar-refractivity contribution in [3.05, 3.63) is 18.2 Å². The first-order valence-corrected chi connectivity index (χ1v) is 10.5. The van der Waals surface area contributed by atoms with E-state index in [-0.39, 0.29) is 30.4 Å². The number of rotatable bonds is 8. The molecule has 33 heavy (non-hydrogen) atoms. The van der Waals surface area contributed by atoms with Gasteiger partial charge in [0.05, 0.1) is 26.1 Å². The van der Waals surface area contributed by atoms with Crippen molar-refractivity contribution in [2.45, 2.75) is 57.8 Å². The number of alkyl halides is 3. The van der Waals surface area contributed by atoms with Crippen LogP contribution in [0.4, 0.5) is 29.2 Å². The molecule has 182 valence electrons. The Labute approximate surface area is 187 Å². The monoisotopic (exact) mass is 474 g/mol. The number of hydrogen-bond acceptors (Lipinski definition) is 7. The van der Waals surface area contributed by atoms with Crippen molar-refractivity contribution in [1.82, 2.24) is 25.1 Å². The molecule has 0 saturated heterocycles. The van der Waals surface area contributed by atoms with E-state index in [1.54, 1.807) is 10.9 Å². The number of nitrogens with one attached hydrogen (secondary N) is 2. The first-order chi connectivity index (χ1) is 15.6. The lowest BCUT2D eigenvalue weighted by atomic mass is 9.86. The first-order valence-electron chi connectivity index (χ1n) is 10.5. The van der Waals surface area contributed by atoms with Crippen molar-refractivity contribution in [1.29, 1.82) is 0 Å². The fourth-order valence-electron chi connectivity index (χ4n) is 3.45. The Bertz CT molecular complexity index is 958. The first kappa shape index (κ1) is 24.5. The molecule has 0 aliphatic heterocycles. The second-order valence-corrected chi connectivity index (χ2v) is 8.10. The van der Waals surface area contributed by atoms with Crippen LogP contribution < -0.4 is 20.1 Å². The van der Waals surface area contributed by atoms with E-state index in [1.807, 2.05) is 19.2 Å². The number of hydrogen-bond donors (Lipinski definition) is 2. The van der Waals surface area contributed by atoms with Crippen molar-refractivity contribution < 1.29 is 31.8 Å². The van der Waals surface area contributed by atoms with E-state index in [1.165, 1.54) is 7.11 Å². The van der Waals surface area contributed by atoms with E-state index in [9.17, 15) is 22.4 Å². The normalized spacial score (nSPS) is 18.8. The molecule has 0 bridgehead atoms. The predicted molar refractivity (Wildman–Crippen MR) is 110 cm³/mol. The van der Waals surface area contributed by atoms with Gasteiger partial charge in [-0.3, -0.25) is 9.48 Å². The maximum atomic E-state index is 14.2. The van der Waals surface area contributed by atoms with Gasteiger partial charge in [-0.2, -0.15) is 22.5 Å². The highest BCUT2D eigenvalue weighted by molar-refractivity contribution is 5.81. The van der Waals surface area contributed by atoms with Gasteiger partial charge < -0.3 is 20.1 Å². The molecule has 13 heteroatoms. The quantitative estimate of drug-likeness (QED) is 0.562. The average Bonchev–Trinajstić information content (AvgIpc) is 3.17. The summed E-state index contributed by atoms with van der Waals surface area (Å²) in [5.74, 6) is -2.49. The highest BCUT2D eigenvalue weighted by Gasteiger charge is 2.40. The summed E-state index contributed by atoms with van der Waals surface area (Å²) >= 11 is 0. The number of anilines is 2. The van der Waals surface area contributed by atoms with E-state index in [2.05, 4.69) is 20.4 Å². The van der Waals surface area contributed by atoms with E-state index < -0.39 is 23.9 Å². The van der Waals surface area contributed by atoms with Crippen LogP contribution in [0.5, 0.6) is 11.8 Å². The topological polar surface area (TPSA) is 103 Å². The van der Waals surface area contributed by atoms with Gasteiger partial charge in [0.2, 0.25) is 11.8 Å². The smallest absolute Gasteiger partial charge is 0.471 e. The number of methoxy groups -OCH3 is 1. The zero-order valence-corrected chi connectivity index (χ0v) is 18.4. The highest BCUT2D eigenvalue weighted by Crippen LogP contribution is 2.29. The summed E-state index contributed by atoms with van der Waals surface area (Å²) in [6, 6.07) is -0.442. The van der Waals surface area contributed by atoms with Gasteiger partial charge in [-0.25, -0.2) is 4.98 Å². The van der Waals surface area contributed by atoms with Crippen LogP contribution in [0.1, 0.15) is 45.6 Å². The molecule has 1 saturated carbocycles. The Hall–Kier alpha value is -3.12. The number of nitrogens with zero attached hydrogens (tertiary/aromatic N) is 4. The maximum Gasteiger partial charge on any atom is 0.471 e. The minimum Gasteiger partial charge on any atom is -0.478 e. The van der Waals surface area contributed by atoms with Crippen LogP contribution in [-0.4, -0.2) is 51.6 Å². The van der Waals surface area contributed by atoms with Crippen molar-refractivity contribution in [2.75, 3.05) is 19.0 Å². The number of halogens is 4. The number of amides is 1. The van der Waals surface area contributed by atoms with Gasteiger partial charge in [-0.15, -0.1) is 5.10 Å². The zero-order valence-electron chi connectivity index (χ0n) is 18.4. The van der Waals surface area contributed by atoms with Crippen molar-refractivity contribution in [3.63, 3.8) is 0 Å². The third-order valence-corrected chi connectivity index (χ3v) is 5.27. The van der Waals surface area contributed by atoms with E-state index in [0.29, 0.717) is 37.3 Å². The minimum atomic E-state index is -4.90. The van der Waals surface area contributed by atoms with E-state index in [0.717, 1.165) is 6.20 Å². The Morgan fingerprint density at radius 2 is 1.94 bits per heavy atom. The van der Waals surface area contributed by atoms with Gasteiger partial charge >= 0.3 is 12.1 Å². The maximum absolute atomic E-state index is 14.2. The Morgan fingerprint density at radius 1 is 1.24 bits per heavy atom. The van der Waals surface area contributed by atoms with Crippen LogP contribution in [0.3, 0.4) is 0 Å². The van der Waals surface area contributed by atoms with Gasteiger partial charge in [-0.1, -0.05) is 0 Å². The fraction of sp³-hybridized carbons (Fsp3) is 0.600. The molecule has 0 unspecified atom stereocenters. The molecule has 0 aromatic carbocycles. The molecule has 2 aromatic rings. The van der Waals surface area contributed by atoms with Crippen LogP contribution in [-0.2, 0) is 4.79 Å². The predicted octanol–water partition coefficient (Wildman–Crippen LogP) is 3.76. The van der Waals surface area contributed by atoms with Crippen molar-refractivity contribution in [2.24, 2.45) is 5.92 Å². The molecule has 1 fully saturated rings. The lowest BCUT2D eigenvalue weighted by Crippen LogP contribution is -2.44. The molecule has 0 atom stereocenters. The summed E-state index contributed by atoms with van der Waals surface area (Å²) in [5, 5.41) is 9.21. The standard InChI is InChI=1S/C20H26F4N6O3/c1-11(2)30-9-15(17(29-30)32-3)27-19-25-8-14(21)16(28-19)33-10-12-4-6-13(7-5-12)26-18(31)20(22,23)24/h8-9,11-13H,4-7,10H2,1-3H3,(H,26,31)(H,25,27,28). The number of ether oxygens (including phenoxy) is 2. The minimum absolute atomic E-state index is 0.000758. The summed E-state index contributed by atoms with van der Waals surface area (Å²) in [6.07, 6.45) is -0.366. The molecular formula is C20H26F4N6O3. The molecule has 0 spiro atoms. The molecule has 0 radical (unpaired) electrons. The van der Waals surface area contributed by atoms with E-state index in [4.69, 9.17) is 9.47 Å². The third kappa shape index (κ3) is 6.45. The highest BCUT2D eigenvalue weighted by atomic mass is 19.4. The van der Waals surface area contributed by atoms with Crippen LogP contribution >= 0.6 is 0 Å². The van der Waals surface area contributed by atoms with Gasteiger partial charge in [0, 0.05) is 12.1 Å². The Morgan fingerprint density at radius 3 is 2.55 bits per heavy atom. The average molecular weight is 474 g/mol. The lowest BCUT2D eigenvalue weighted by Gasteiger charge is -2.29. The summed E-state index contributed by atoms with van der Waals surface area (Å²) in [6.45, 7) is 4.05. The molecular weight excluding hydrogens is 448 g/mol. The molecule has 1 aliphatic rings. The SMILES string of the molecule is COc1nn(C(C)C)cc1Nc1ncc(F)c(OCC2CCC(NC(=O)C(F)(F)F)CC2)n1.